The minimum absolute atomic E-state index is 0.0753. The van der Waals surface area contributed by atoms with Crippen molar-refractivity contribution in [3.63, 3.8) is 0 Å². The summed E-state index contributed by atoms with van der Waals surface area (Å²) in [5, 5.41) is 4.84. The number of rotatable bonds is 5. The van der Waals surface area contributed by atoms with Gasteiger partial charge in [-0.05, 0) is 5.92 Å². The average molecular weight is 230 g/mol. The van der Waals surface area contributed by atoms with Crippen molar-refractivity contribution in [1.29, 1.82) is 0 Å². The molecule has 0 aromatic heterocycles. The van der Waals surface area contributed by atoms with Crippen molar-refractivity contribution in [2.45, 2.75) is 26.8 Å². The Kier molecular flexibility index (Phi) is 6.14. The summed E-state index contributed by atoms with van der Waals surface area (Å²) in [7, 11) is 1.26. The van der Waals surface area contributed by atoms with Crippen molar-refractivity contribution in [1.82, 2.24) is 10.6 Å². The van der Waals surface area contributed by atoms with E-state index in [0.717, 1.165) is 0 Å². The van der Waals surface area contributed by atoms with Gasteiger partial charge >= 0.3 is 5.97 Å². The summed E-state index contributed by atoms with van der Waals surface area (Å²) >= 11 is 0. The number of hydrogen-bond donors (Lipinski definition) is 2. The molecule has 0 radical (unpaired) electrons. The average Bonchev–Trinajstić information content (AvgIpc) is 2.21. The highest BCUT2D eigenvalue weighted by Gasteiger charge is 2.24. The van der Waals surface area contributed by atoms with E-state index < -0.39 is 17.9 Å². The lowest BCUT2D eigenvalue weighted by Gasteiger charge is -2.19. The summed E-state index contributed by atoms with van der Waals surface area (Å²) < 4.78 is 4.56. The number of esters is 1. The van der Waals surface area contributed by atoms with E-state index in [1.165, 1.54) is 14.0 Å². The fraction of sp³-hybridized carbons (Fsp3) is 0.700. The number of carbonyl (C=O) groups excluding carboxylic acids is 3. The molecule has 2 amide bonds. The normalized spacial score (nSPS) is 11.8. The van der Waals surface area contributed by atoms with Crippen molar-refractivity contribution in [2.75, 3.05) is 13.7 Å². The van der Waals surface area contributed by atoms with E-state index in [2.05, 4.69) is 15.4 Å². The molecule has 0 aliphatic rings. The summed E-state index contributed by atoms with van der Waals surface area (Å²) in [6.45, 7) is 4.75. The molecule has 6 heteroatoms. The molecule has 0 saturated heterocycles. The molecule has 0 bridgehead atoms. The zero-order valence-electron chi connectivity index (χ0n) is 9.99. The van der Waals surface area contributed by atoms with Crippen molar-refractivity contribution in [2.24, 2.45) is 5.92 Å². The number of hydrogen-bond acceptors (Lipinski definition) is 4. The van der Waals surface area contributed by atoms with Crippen molar-refractivity contribution in [3.8, 4) is 0 Å². The number of amides is 2. The quantitative estimate of drug-likeness (QED) is 0.620. The Morgan fingerprint density at radius 1 is 1.25 bits per heavy atom. The van der Waals surface area contributed by atoms with Gasteiger partial charge in [0.15, 0.2) is 0 Å². The maximum atomic E-state index is 11.3. The highest BCUT2D eigenvalue weighted by molar-refractivity contribution is 5.87. The molecule has 0 aliphatic carbocycles. The van der Waals surface area contributed by atoms with Crippen LogP contribution >= 0.6 is 0 Å². The number of ether oxygens (including phenoxy) is 1. The Morgan fingerprint density at radius 3 is 2.19 bits per heavy atom. The van der Waals surface area contributed by atoms with Crippen LogP contribution in [0, 0.1) is 5.92 Å². The number of methoxy groups -OCH3 is 1. The summed E-state index contributed by atoms with van der Waals surface area (Å²) in [6.07, 6.45) is 0. The molecule has 0 rings (SSSR count). The highest BCUT2D eigenvalue weighted by atomic mass is 16.5. The third-order valence-electron chi connectivity index (χ3n) is 1.94. The molecule has 0 unspecified atom stereocenters. The molecule has 0 saturated carbocycles. The largest absolute Gasteiger partial charge is 0.467 e. The molecular weight excluding hydrogens is 212 g/mol. The lowest BCUT2D eigenvalue weighted by molar-refractivity contribution is -0.146. The molecule has 1 atom stereocenters. The maximum Gasteiger partial charge on any atom is 0.328 e. The first-order valence-corrected chi connectivity index (χ1v) is 5.00. The molecule has 0 fully saturated rings. The van der Waals surface area contributed by atoms with Crippen LogP contribution < -0.4 is 10.6 Å². The third kappa shape index (κ3) is 5.33. The number of carbonyl (C=O) groups is 3. The molecule has 16 heavy (non-hydrogen) atoms. The maximum absolute atomic E-state index is 11.3. The highest BCUT2D eigenvalue weighted by Crippen LogP contribution is 2.02. The Bertz CT molecular complexity index is 276. The van der Waals surface area contributed by atoms with Crippen LogP contribution in [0.5, 0.6) is 0 Å². The molecule has 0 aromatic rings. The predicted molar refractivity (Wildman–Crippen MR) is 57.5 cm³/mol. The van der Waals surface area contributed by atoms with Crippen LogP contribution in [0.25, 0.3) is 0 Å². The van der Waals surface area contributed by atoms with Crippen LogP contribution in [0.4, 0.5) is 0 Å². The van der Waals surface area contributed by atoms with Crippen molar-refractivity contribution < 1.29 is 19.1 Å². The van der Waals surface area contributed by atoms with Gasteiger partial charge in [-0.25, -0.2) is 4.79 Å². The SMILES string of the molecule is COC(=O)[C@@H](NC(=O)CNC(C)=O)C(C)C. The van der Waals surface area contributed by atoms with E-state index in [0.29, 0.717) is 0 Å². The minimum atomic E-state index is -0.689. The van der Waals surface area contributed by atoms with E-state index in [9.17, 15) is 14.4 Å². The minimum Gasteiger partial charge on any atom is -0.467 e. The van der Waals surface area contributed by atoms with Gasteiger partial charge in [-0.3, -0.25) is 9.59 Å². The van der Waals surface area contributed by atoms with Gasteiger partial charge < -0.3 is 15.4 Å². The second kappa shape index (κ2) is 6.81. The molecule has 2 N–H and O–H groups in total. The zero-order valence-corrected chi connectivity index (χ0v) is 9.99. The van der Waals surface area contributed by atoms with Gasteiger partial charge in [-0.15, -0.1) is 0 Å². The van der Waals surface area contributed by atoms with E-state index in [4.69, 9.17) is 0 Å². The zero-order chi connectivity index (χ0) is 12.7. The molecule has 92 valence electrons. The van der Waals surface area contributed by atoms with Crippen LogP contribution in [0.1, 0.15) is 20.8 Å². The van der Waals surface area contributed by atoms with Gasteiger partial charge in [0.2, 0.25) is 11.8 Å². The number of nitrogens with one attached hydrogen (secondary N) is 2. The second-order valence-electron chi connectivity index (χ2n) is 3.72. The molecule has 0 spiro atoms. The lowest BCUT2D eigenvalue weighted by atomic mass is 10.0. The monoisotopic (exact) mass is 230 g/mol. The van der Waals surface area contributed by atoms with Gasteiger partial charge in [-0.2, -0.15) is 0 Å². The topological polar surface area (TPSA) is 84.5 Å². The summed E-state index contributed by atoms with van der Waals surface area (Å²) in [6, 6.07) is -0.689. The first kappa shape index (κ1) is 14.4. The van der Waals surface area contributed by atoms with Crippen LogP contribution in [0.2, 0.25) is 0 Å². The lowest BCUT2D eigenvalue weighted by Crippen LogP contribution is -2.48. The molecule has 0 aromatic carbocycles. The Hall–Kier alpha value is -1.59. The third-order valence-corrected chi connectivity index (χ3v) is 1.94. The Balaban J connectivity index is 4.24. The van der Waals surface area contributed by atoms with Gasteiger partial charge in [0.25, 0.3) is 0 Å². The second-order valence-corrected chi connectivity index (χ2v) is 3.72. The smallest absolute Gasteiger partial charge is 0.328 e. The molecular formula is C10H18N2O4. The van der Waals surface area contributed by atoms with E-state index in [1.807, 2.05) is 0 Å². The van der Waals surface area contributed by atoms with Crippen LogP contribution in [-0.2, 0) is 19.1 Å². The summed E-state index contributed by atoms with van der Waals surface area (Å²) in [5.41, 5.74) is 0. The van der Waals surface area contributed by atoms with Gasteiger partial charge in [0.1, 0.15) is 6.04 Å². The summed E-state index contributed by atoms with van der Waals surface area (Å²) in [5.74, 6) is -1.28. The summed E-state index contributed by atoms with van der Waals surface area (Å²) in [4.78, 5) is 33.2. The van der Waals surface area contributed by atoms with E-state index in [-0.39, 0.29) is 18.4 Å². The Labute approximate surface area is 94.7 Å². The predicted octanol–water partition coefficient (Wildman–Crippen LogP) is -0.564. The van der Waals surface area contributed by atoms with E-state index in [1.54, 1.807) is 13.8 Å². The fourth-order valence-electron chi connectivity index (χ4n) is 1.05. The van der Waals surface area contributed by atoms with Gasteiger partial charge in [-0.1, -0.05) is 13.8 Å². The van der Waals surface area contributed by atoms with Crippen LogP contribution in [0.3, 0.4) is 0 Å². The molecule has 6 nitrogen and oxygen atoms in total. The first-order valence-electron chi connectivity index (χ1n) is 5.00. The Morgan fingerprint density at radius 2 is 1.81 bits per heavy atom. The molecule has 0 heterocycles. The van der Waals surface area contributed by atoms with Gasteiger partial charge in [0.05, 0.1) is 13.7 Å². The van der Waals surface area contributed by atoms with Crippen LogP contribution in [0.15, 0.2) is 0 Å². The first-order chi connectivity index (χ1) is 7.38. The fourth-order valence-corrected chi connectivity index (χ4v) is 1.05. The standard InChI is InChI=1S/C10H18N2O4/c1-6(2)9(10(15)16-4)12-8(14)5-11-7(3)13/h6,9H,5H2,1-4H3,(H,11,13)(H,12,14)/t9-/m0/s1. The van der Waals surface area contributed by atoms with Crippen LogP contribution in [-0.4, -0.2) is 37.5 Å². The van der Waals surface area contributed by atoms with Gasteiger partial charge in [0, 0.05) is 6.92 Å². The van der Waals surface area contributed by atoms with E-state index >= 15 is 0 Å². The van der Waals surface area contributed by atoms with Crippen molar-refractivity contribution >= 4 is 17.8 Å². The molecule has 0 aliphatic heterocycles. The van der Waals surface area contributed by atoms with Crippen molar-refractivity contribution in [3.05, 3.63) is 0 Å².